The van der Waals surface area contributed by atoms with Crippen LogP contribution in [0.3, 0.4) is 0 Å². The molecule has 0 aromatic carbocycles. The minimum atomic E-state index is -0.914. The molecule has 1 saturated carbocycles. The Balaban J connectivity index is 2.46. The van der Waals surface area contributed by atoms with Gasteiger partial charge in [-0.25, -0.2) is 4.79 Å². The molecule has 0 bridgehead atoms. The molecule has 0 aromatic heterocycles. The van der Waals surface area contributed by atoms with Gasteiger partial charge in [-0.15, -0.1) is 0 Å². The van der Waals surface area contributed by atoms with E-state index in [-0.39, 0.29) is 5.91 Å². The molecule has 0 unspecified atom stereocenters. The van der Waals surface area contributed by atoms with Crippen LogP contribution in [0, 0.1) is 17.3 Å². The lowest BCUT2D eigenvalue weighted by atomic mass is 9.70. The van der Waals surface area contributed by atoms with E-state index in [4.69, 9.17) is 0 Å². The van der Waals surface area contributed by atoms with Crippen molar-refractivity contribution in [2.45, 2.75) is 97.9 Å². The number of nitrogens with one attached hydrogen (secondary N) is 1. The predicted octanol–water partition coefficient (Wildman–Crippen LogP) is 4.77. The Hall–Kier alpha value is -1.06. The van der Waals surface area contributed by atoms with Crippen molar-refractivity contribution < 1.29 is 14.7 Å². The molecule has 0 saturated heterocycles. The van der Waals surface area contributed by atoms with Gasteiger partial charge in [-0.05, 0) is 43.9 Å². The first-order valence-corrected chi connectivity index (χ1v) is 9.82. The third kappa shape index (κ3) is 6.82. The molecule has 0 spiro atoms. The number of carboxylic acid groups (broad SMARTS) is 1. The topological polar surface area (TPSA) is 66.4 Å². The second-order valence-corrected chi connectivity index (χ2v) is 8.34. The number of carbonyl (C=O) groups excluding carboxylic acids is 1. The lowest BCUT2D eigenvalue weighted by Gasteiger charge is -2.37. The van der Waals surface area contributed by atoms with E-state index >= 15 is 0 Å². The first kappa shape index (κ1) is 21.0. The van der Waals surface area contributed by atoms with Crippen LogP contribution in [-0.4, -0.2) is 23.0 Å². The van der Waals surface area contributed by atoms with E-state index in [1.165, 1.54) is 19.3 Å². The Morgan fingerprint density at radius 2 is 1.79 bits per heavy atom. The van der Waals surface area contributed by atoms with Crippen molar-refractivity contribution in [1.82, 2.24) is 5.32 Å². The third-order valence-electron chi connectivity index (χ3n) is 5.60. The Labute approximate surface area is 147 Å². The summed E-state index contributed by atoms with van der Waals surface area (Å²) >= 11 is 0. The molecule has 1 amide bonds. The van der Waals surface area contributed by atoms with Crippen molar-refractivity contribution >= 4 is 11.9 Å². The van der Waals surface area contributed by atoms with Crippen LogP contribution in [0.25, 0.3) is 0 Å². The van der Waals surface area contributed by atoms with Gasteiger partial charge in [-0.1, -0.05) is 59.8 Å². The number of aliphatic carboxylic acids is 1. The van der Waals surface area contributed by atoms with Crippen LogP contribution in [0.15, 0.2) is 0 Å². The number of hydrogen-bond donors (Lipinski definition) is 2. The van der Waals surface area contributed by atoms with E-state index in [1.807, 2.05) is 13.8 Å². The summed E-state index contributed by atoms with van der Waals surface area (Å²) in [7, 11) is 0. The second-order valence-electron chi connectivity index (χ2n) is 8.34. The summed E-state index contributed by atoms with van der Waals surface area (Å²) in [5, 5.41) is 12.1. The highest BCUT2D eigenvalue weighted by Gasteiger charge is 2.38. The number of amides is 1. The maximum absolute atomic E-state index is 12.6. The van der Waals surface area contributed by atoms with Crippen molar-refractivity contribution in [1.29, 1.82) is 0 Å². The van der Waals surface area contributed by atoms with E-state index in [2.05, 4.69) is 19.2 Å². The van der Waals surface area contributed by atoms with Gasteiger partial charge < -0.3 is 10.4 Å². The van der Waals surface area contributed by atoms with E-state index in [9.17, 15) is 14.7 Å². The summed E-state index contributed by atoms with van der Waals surface area (Å²) in [5.74, 6) is 0.523. The number of unbranched alkanes of at least 4 members (excludes halogenated alkanes) is 1. The molecule has 1 fully saturated rings. The Morgan fingerprint density at radius 1 is 1.17 bits per heavy atom. The lowest BCUT2D eigenvalue weighted by Crippen LogP contribution is -2.48. The summed E-state index contributed by atoms with van der Waals surface area (Å²) in [5.41, 5.74) is -0.394. The van der Waals surface area contributed by atoms with Crippen LogP contribution in [-0.2, 0) is 9.59 Å². The molecular weight excluding hydrogens is 302 g/mol. The van der Waals surface area contributed by atoms with E-state index in [0.717, 1.165) is 50.4 Å². The number of hydrogen-bond acceptors (Lipinski definition) is 2. The van der Waals surface area contributed by atoms with Crippen LogP contribution in [0.5, 0.6) is 0 Å². The summed E-state index contributed by atoms with van der Waals surface area (Å²) < 4.78 is 0. The van der Waals surface area contributed by atoms with Gasteiger partial charge in [-0.2, -0.15) is 0 Å². The first-order valence-electron chi connectivity index (χ1n) is 9.82. The maximum Gasteiger partial charge on any atom is 0.326 e. The maximum atomic E-state index is 12.6. The van der Waals surface area contributed by atoms with Crippen molar-refractivity contribution in [3.63, 3.8) is 0 Å². The number of carbonyl (C=O) groups is 2. The van der Waals surface area contributed by atoms with Crippen LogP contribution >= 0.6 is 0 Å². The zero-order chi connectivity index (χ0) is 18.2. The Kier molecular flexibility index (Phi) is 8.79. The second kappa shape index (κ2) is 10.0. The average molecular weight is 340 g/mol. The normalized spacial score (nSPS) is 25.5. The molecule has 140 valence electrons. The van der Waals surface area contributed by atoms with Gasteiger partial charge in [-0.3, -0.25) is 4.79 Å². The van der Waals surface area contributed by atoms with Crippen LogP contribution in [0.1, 0.15) is 91.9 Å². The minimum absolute atomic E-state index is 0.0633. The molecular formula is C20H37NO3. The third-order valence-corrected chi connectivity index (χ3v) is 5.60. The average Bonchev–Trinajstić information content (AvgIpc) is 2.52. The van der Waals surface area contributed by atoms with Crippen LogP contribution in [0.4, 0.5) is 0 Å². The molecule has 0 heterocycles. The number of rotatable bonds is 10. The molecule has 4 nitrogen and oxygen atoms in total. The van der Waals surface area contributed by atoms with Crippen molar-refractivity contribution in [2.24, 2.45) is 17.3 Å². The van der Waals surface area contributed by atoms with E-state index < -0.39 is 17.4 Å². The molecule has 1 aliphatic carbocycles. The Bertz CT molecular complexity index is 398. The van der Waals surface area contributed by atoms with Gasteiger partial charge >= 0.3 is 5.97 Å². The minimum Gasteiger partial charge on any atom is -0.480 e. The molecule has 0 aromatic rings. The molecule has 2 N–H and O–H groups in total. The molecule has 0 radical (unpaired) electrons. The zero-order valence-electron chi connectivity index (χ0n) is 16.1. The predicted molar refractivity (Wildman–Crippen MR) is 97.8 cm³/mol. The van der Waals surface area contributed by atoms with E-state index in [1.54, 1.807) is 0 Å². The fourth-order valence-electron chi connectivity index (χ4n) is 3.64. The monoisotopic (exact) mass is 339 g/mol. The quantitative estimate of drug-likeness (QED) is 0.602. The molecule has 1 rings (SSSR count). The van der Waals surface area contributed by atoms with Gasteiger partial charge in [0.1, 0.15) is 6.04 Å². The highest BCUT2D eigenvalue weighted by atomic mass is 16.4. The van der Waals surface area contributed by atoms with Crippen LogP contribution < -0.4 is 5.32 Å². The van der Waals surface area contributed by atoms with Crippen molar-refractivity contribution in [3.8, 4) is 0 Å². The Morgan fingerprint density at radius 3 is 2.29 bits per heavy atom. The molecule has 4 heteroatoms. The summed E-state index contributed by atoms with van der Waals surface area (Å²) in [6.45, 7) is 8.56. The van der Waals surface area contributed by atoms with Gasteiger partial charge in [0, 0.05) is 5.41 Å². The van der Waals surface area contributed by atoms with Gasteiger partial charge in [0.05, 0.1) is 0 Å². The highest BCUT2D eigenvalue weighted by molar-refractivity contribution is 5.87. The SMILES string of the molecule is CCCC[C@H](NC(=O)[C@]1(C)CC[C@@H](CCCC(C)C)CC1)C(=O)O. The summed E-state index contributed by atoms with van der Waals surface area (Å²) in [4.78, 5) is 24.0. The van der Waals surface area contributed by atoms with E-state index in [0.29, 0.717) is 6.42 Å². The molecule has 1 aliphatic rings. The molecule has 0 aliphatic heterocycles. The molecule has 24 heavy (non-hydrogen) atoms. The summed E-state index contributed by atoms with van der Waals surface area (Å²) in [6, 6.07) is -0.738. The fraction of sp³-hybridized carbons (Fsp3) is 0.900. The van der Waals surface area contributed by atoms with Gasteiger partial charge in [0.2, 0.25) is 5.91 Å². The van der Waals surface area contributed by atoms with Crippen molar-refractivity contribution in [2.75, 3.05) is 0 Å². The van der Waals surface area contributed by atoms with Crippen LogP contribution in [0.2, 0.25) is 0 Å². The van der Waals surface area contributed by atoms with Gasteiger partial charge in [0.25, 0.3) is 0 Å². The fourth-order valence-corrected chi connectivity index (χ4v) is 3.64. The highest BCUT2D eigenvalue weighted by Crippen LogP contribution is 2.40. The zero-order valence-corrected chi connectivity index (χ0v) is 16.1. The smallest absolute Gasteiger partial charge is 0.326 e. The largest absolute Gasteiger partial charge is 0.480 e. The van der Waals surface area contributed by atoms with Gasteiger partial charge in [0.15, 0.2) is 0 Å². The number of carboxylic acids is 1. The summed E-state index contributed by atoms with van der Waals surface area (Å²) in [6.07, 6.45) is 10.1. The van der Waals surface area contributed by atoms with Crippen molar-refractivity contribution in [3.05, 3.63) is 0 Å². The standard InChI is InChI=1S/C20H37NO3/c1-5-6-10-17(18(22)23)21-19(24)20(4)13-11-16(12-14-20)9-7-8-15(2)3/h15-17H,5-14H2,1-4H3,(H,21,24)(H,22,23)/t16-,17-,20-/m0/s1. The molecule has 1 atom stereocenters. The lowest BCUT2D eigenvalue weighted by molar-refractivity contribution is -0.144. The first-order chi connectivity index (χ1) is 11.3.